The normalized spacial score (nSPS) is 18.7. The molecule has 6 rings (SSSR count). The van der Waals surface area contributed by atoms with E-state index in [9.17, 15) is 14.7 Å². The van der Waals surface area contributed by atoms with Crippen LogP contribution in [0.3, 0.4) is 0 Å². The second-order valence-corrected chi connectivity index (χ2v) is 10.6. The number of anilines is 1. The zero-order valence-corrected chi connectivity index (χ0v) is 21.6. The third-order valence-electron chi connectivity index (χ3n) is 5.97. The van der Waals surface area contributed by atoms with Gasteiger partial charge in [0.2, 0.25) is 0 Å². The lowest BCUT2D eigenvalue weighted by Crippen LogP contribution is -2.29. The van der Waals surface area contributed by atoms with E-state index < -0.39 is 17.7 Å². The predicted molar refractivity (Wildman–Crippen MR) is 141 cm³/mol. The van der Waals surface area contributed by atoms with E-state index >= 15 is 0 Å². The van der Waals surface area contributed by atoms with Crippen molar-refractivity contribution in [3.8, 4) is 11.5 Å². The van der Waals surface area contributed by atoms with E-state index in [1.165, 1.54) is 16.2 Å². The van der Waals surface area contributed by atoms with Crippen molar-refractivity contribution in [3.05, 3.63) is 86.9 Å². The fourth-order valence-corrected chi connectivity index (χ4v) is 6.04. The summed E-state index contributed by atoms with van der Waals surface area (Å²) in [5.74, 6) is -0.868. The van der Waals surface area contributed by atoms with Gasteiger partial charge in [0.1, 0.15) is 19.0 Å². The molecule has 0 spiro atoms. The van der Waals surface area contributed by atoms with E-state index in [4.69, 9.17) is 21.1 Å². The zero-order valence-electron chi connectivity index (χ0n) is 18.4. The Morgan fingerprint density at radius 3 is 2.67 bits per heavy atom. The maximum atomic E-state index is 13.4. The molecule has 1 atom stereocenters. The Hall–Kier alpha value is -3.40. The van der Waals surface area contributed by atoms with Crippen LogP contribution in [-0.4, -0.2) is 35.0 Å². The van der Waals surface area contributed by atoms with E-state index in [0.717, 1.165) is 9.17 Å². The number of nitrogens with zero attached hydrogens (tertiary/aromatic N) is 2. The van der Waals surface area contributed by atoms with Crippen molar-refractivity contribution >= 4 is 71.7 Å². The Kier molecular flexibility index (Phi) is 5.70. The molecule has 3 aromatic carbocycles. The molecule has 10 heteroatoms. The first-order valence-corrected chi connectivity index (χ1v) is 12.9. The molecule has 2 aliphatic heterocycles. The number of aliphatic hydroxyl groups excluding tert-OH is 1. The molecule has 7 nitrogen and oxygen atoms in total. The third-order valence-corrected chi connectivity index (χ3v) is 7.72. The summed E-state index contributed by atoms with van der Waals surface area (Å²) in [4.78, 5) is 32.8. The van der Waals surface area contributed by atoms with Crippen molar-refractivity contribution < 1.29 is 24.2 Å². The summed E-state index contributed by atoms with van der Waals surface area (Å²) < 4.78 is 12.7. The molecule has 0 saturated carbocycles. The van der Waals surface area contributed by atoms with Gasteiger partial charge in [0.15, 0.2) is 16.6 Å². The van der Waals surface area contributed by atoms with Crippen LogP contribution < -0.4 is 14.4 Å². The number of aromatic nitrogens is 1. The van der Waals surface area contributed by atoms with Crippen LogP contribution in [0.25, 0.3) is 16.0 Å². The van der Waals surface area contributed by atoms with Gasteiger partial charge in [-0.25, -0.2) is 4.98 Å². The molecule has 3 heterocycles. The highest BCUT2D eigenvalue weighted by molar-refractivity contribution is 9.10. The molecule has 0 aliphatic carbocycles. The van der Waals surface area contributed by atoms with Crippen LogP contribution in [0.2, 0.25) is 5.02 Å². The maximum Gasteiger partial charge on any atom is 0.301 e. The first kappa shape index (κ1) is 23.0. The highest BCUT2D eigenvalue weighted by atomic mass is 79.9. The van der Waals surface area contributed by atoms with Crippen molar-refractivity contribution in [3.63, 3.8) is 0 Å². The monoisotopic (exact) mass is 582 g/mol. The number of aliphatic hydroxyl groups is 1. The molecule has 1 amide bonds. The summed E-state index contributed by atoms with van der Waals surface area (Å²) in [5.41, 5.74) is 1.60. The average Bonchev–Trinajstić information content (AvgIpc) is 3.41. The van der Waals surface area contributed by atoms with Gasteiger partial charge in [-0.15, -0.1) is 0 Å². The number of ether oxygens (including phenoxy) is 2. The first-order valence-electron chi connectivity index (χ1n) is 10.9. The number of halogens is 2. The zero-order chi connectivity index (χ0) is 25.0. The molecule has 0 bridgehead atoms. The van der Waals surface area contributed by atoms with Gasteiger partial charge in [-0.1, -0.05) is 51.0 Å². The fraction of sp³-hybridized carbons (Fsp3) is 0.115. The lowest BCUT2D eigenvalue weighted by molar-refractivity contribution is -0.132. The van der Waals surface area contributed by atoms with E-state index in [0.29, 0.717) is 51.5 Å². The van der Waals surface area contributed by atoms with Crippen LogP contribution in [0.5, 0.6) is 11.5 Å². The van der Waals surface area contributed by atoms with E-state index in [-0.39, 0.29) is 11.3 Å². The van der Waals surface area contributed by atoms with E-state index in [2.05, 4.69) is 20.9 Å². The largest absolute Gasteiger partial charge is 0.507 e. The van der Waals surface area contributed by atoms with Gasteiger partial charge in [-0.2, -0.15) is 0 Å². The van der Waals surface area contributed by atoms with Crippen molar-refractivity contribution in [2.45, 2.75) is 6.04 Å². The van der Waals surface area contributed by atoms with E-state index in [1.807, 2.05) is 18.2 Å². The van der Waals surface area contributed by atoms with Crippen LogP contribution in [0, 0.1) is 0 Å². The second kappa shape index (κ2) is 8.92. The molecular formula is C26H16BrClN2O5S. The van der Waals surface area contributed by atoms with Crippen LogP contribution in [0.15, 0.2) is 70.7 Å². The van der Waals surface area contributed by atoms with Crippen molar-refractivity contribution in [2.75, 3.05) is 18.1 Å². The van der Waals surface area contributed by atoms with Crippen molar-refractivity contribution in [1.82, 2.24) is 4.98 Å². The van der Waals surface area contributed by atoms with Gasteiger partial charge in [0.05, 0.1) is 21.8 Å². The molecule has 0 radical (unpaired) electrons. The number of rotatable bonds is 3. The molecule has 1 N–H and O–H groups in total. The third kappa shape index (κ3) is 3.84. The van der Waals surface area contributed by atoms with Gasteiger partial charge in [0.25, 0.3) is 5.78 Å². The van der Waals surface area contributed by atoms with Crippen LogP contribution in [-0.2, 0) is 9.59 Å². The average molecular weight is 584 g/mol. The van der Waals surface area contributed by atoms with Crippen LogP contribution >= 0.6 is 38.9 Å². The summed E-state index contributed by atoms with van der Waals surface area (Å²) in [6, 6.07) is 16.5. The number of carbonyl (C=O) groups is 2. The highest BCUT2D eigenvalue weighted by Gasteiger charge is 2.48. The molecule has 36 heavy (non-hydrogen) atoms. The smallest absolute Gasteiger partial charge is 0.301 e. The van der Waals surface area contributed by atoms with Crippen LogP contribution in [0.1, 0.15) is 17.2 Å². The van der Waals surface area contributed by atoms with Gasteiger partial charge < -0.3 is 14.6 Å². The van der Waals surface area contributed by atoms with Gasteiger partial charge in [0, 0.05) is 15.1 Å². The minimum Gasteiger partial charge on any atom is -0.507 e. The quantitative estimate of drug-likeness (QED) is 0.178. The van der Waals surface area contributed by atoms with Gasteiger partial charge in [-0.05, 0) is 54.1 Å². The first-order chi connectivity index (χ1) is 17.4. The lowest BCUT2D eigenvalue weighted by Gasteiger charge is -2.23. The Morgan fingerprint density at radius 1 is 1.06 bits per heavy atom. The number of thiazole rings is 1. The van der Waals surface area contributed by atoms with E-state index in [1.54, 1.807) is 42.5 Å². The van der Waals surface area contributed by atoms with Gasteiger partial charge in [-0.3, -0.25) is 14.5 Å². The summed E-state index contributed by atoms with van der Waals surface area (Å²) in [5, 5.41) is 12.3. The molecule has 2 aliphatic rings. The molecule has 180 valence electrons. The van der Waals surface area contributed by atoms with Crippen molar-refractivity contribution in [1.29, 1.82) is 0 Å². The van der Waals surface area contributed by atoms with Crippen LogP contribution in [0.4, 0.5) is 5.13 Å². The number of Topliss-reactive ketones (excluding diaryl/α,β-unsaturated/α-hetero) is 1. The fourth-order valence-electron chi connectivity index (χ4n) is 4.36. The Bertz CT molecular complexity index is 1600. The molecule has 1 fully saturated rings. The van der Waals surface area contributed by atoms with Gasteiger partial charge >= 0.3 is 5.91 Å². The predicted octanol–water partition coefficient (Wildman–Crippen LogP) is 6.11. The Morgan fingerprint density at radius 2 is 1.86 bits per heavy atom. The standard InChI is InChI=1S/C26H16BrClN2O5S/c27-15-3-1-2-13(10-15)22-21(23(31)14-4-7-18-19(11-14)35-9-8-34-18)24(32)25(33)30(22)26-29-17-6-5-16(28)12-20(17)36-26/h1-7,10-12,22,31H,8-9H2/b23-21+. The summed E-state index contributed by atoms with van der Waals surface area (Å²) >= 11 is 10.9. The summed E-state index contributed by atoms with van der Waals surface area (Å²) in [6.45, 7) is 0.807. The summed E-state index contributed by atoms with van der Waals surface area (Å²) in [7, 11) is 0. The number of amides is 1. The molecule has 1 saturated heterocycles. The number of hydrogen-bond acceptors (Lipinski definition) is 7. The summed E-state index contributed by atoms with van der Waals surface area (Å²) in [6.07, 6.45) is 0. The Labute approximate surface area is 222 Å². The Balaban J connectivity index is 1.54. The highest BCUT2D eigenvalue weighted by Crippen LogP contribution is 2.45. The topological polar surface area (TPSA) is 89.0 Å². The lowest BCUT2D eigenvalue weighted by atomic mass is 9.95. The maximum absolute atomic E-state index is 13.4. The minimum absolute atomic E-state index is 0.0351. The molecule has 4 aromatic rings. The number of ketones is 1. The second-order valence-electron chi connectivity index (χ2n) is 8.19. The van der Waals surface area contributed by atoms with Crippen molar-refractivity contribution in [2.24, 2.45) is 0 Å². The number of benzene rings is 3. The SMILES string of the molecule is O=C1C(=O)N(c2nc3ccc(Cl)cc3s2)C(c2cccc(Br)c2)/C1=C(\O)c1ccc2c(c1)OCCO2. The number of hydrogen-bond donors (Lipinski definition) is 1. The molecule has 1 unspecified atom stereocenters. The molecule has 1 aromatic heterocycles. The number of carbonyl (C=O) groups excluding carboxylic acids is 2. The number of fused-ring (bicyclic) bond motifs is 2. The minimum atomic E-state index is -0.897. The molecular weight excluding hydrogens is 568 g/mol.